The first-order valence-corrected chi connectivity index (χ1v) is 6.11. The van der Waals surface area contributed by atoms with Gasteiger partial charge in [0.15, 0.2) is 0 Å². The van der Waals surface area contributed by atoms with Crippen LogP contribution in [0.3, 0.4) is 0 Å². The molecule has 0 N–H and O–H groups in total. The minimum Gasteiger partial charge on any atom is -0.496 e. The largest absolute Gasteiger partial charge is 0.496 e. The summed E-state index contributed by atoms with van der Waals surface area (Å²) in [6.45, 7) is 0. The highest BCUT2D eigenvalue weighted by molar-refractivity contribution is 5.40. The van der Waals surface area contributed by atoms with E-state index in [1.165, 1.54) is 37.4 Å². The summed E-state index contributed by atoms with van der Waals surface area (Å²) in [5.74, 6) is -0.928. The second kappa shape index (κ2) is 6.16. The Morgan fingerprint density at radius 1 is 1.15 bits per heavy atom. The van der Waals surface area contributed by atoms with Crippen molar-refractivity contribution in [3.8, 4) is 11.8 Å². The number of hydrogen-bond donors (Lipinski definition) is 0. The zero-order valence-corrected chi connectivity index (χ0v) is 10.9. The minimum atomic E-state index is -0.595. The first-order valence-electron chi connectivity index (χ1n) is 6.11. The first kappa shape index (κ1) is 14.0. The summed E-state index contributed by atoms with van der Waals surface area (Å²) in [5.41, 5.74) is 1.15. The van der Waals surface area contributed by atoms with E-state index in [1.807, 2.05) is 0 Å². The third-order valence-corrected chi connectivity index (χ3v) is 3.05. The molecule has 0 heterocycles. The molecule has 102 valence electrons. The second-order valence-electron chi connectivity index (χ2n) is 4.40. The quantitative estimate of drug-likeness (QED) is 0.848. The molecule has 1 atom stereocenters. The number of rotatable bonds is 4. The molecule has 2 nitrogen and oxygen atoms in total. The number of benzene rings is 2. The number of methoxy groups -OCH3 is 1. The highest BCUT2D eigenvalue weighted by Gasteiger charge is 2.17. The molecule has 1 unspecified atom stereocenters. The molecule has 20 heavy (non-hydrogen) atoms. The predicted molar refractivity (Wildman–Crippen MR) is 71.4 cm³/mol. The van der Waals surface area contributed by atoms with Crippen molar-refractivity contribution in [2.75, 3.05) is 7.11 Å². The molecule has 0 bridgehead atoms. The van der Waals surface area contributed by atoms with E-state index >= 15 is 0 Å². The van der Waals surface area contributed by atoms with Gasteiger partial charge in [0.25, 0.3) is 0 Å². The van der Waals surface area contributed by atoms with Crippen molar-refractivity contribution in [1.82, 2.24) is 0 Å². The fourth-order valence-corrected chi connectivity index (χ4v) is 2.10. The van der Waals surface area contributed by atoms with E-state index in [0.717, 1.165) is 0 Å². The molecule has 4 heteroatoms. The van der Waals surface area contributed by atoms with E-state index < -0.39 is 11.7 Å². The lowest BCUT2D eigenvalue weighted by Crippen LogP contribution is -2.04. The normalized spacial score (nSPS) is 11.7. The Balaban J connectivity index is 2.34. The van der Waals surface area contributed by atoms with Crippen LogP contribution in [0.2, 0.25) is 0 Å². The Labute approximate surface area is 116 Å². The predicted octanol–water partition coefficient (Wildman–Crippen LogP) is 3.82. The lowest BCUT2D eigenvalue weighted by atomic mass is 9.92. The van der Waals surface area contributed by atoms with Gasteiger partial charge in [-0.3, -0.25) is 0 Å². The van der Waals surface area contributed by atoms with Gasteiger partial charge in [-0.2, -0.15) is 5.26 Å². The van der Waals surface area contributed by atoms with Gasteiger partial charge < -0.3 is 4.74 Å². The Kier molecular flexibility index (Phi) is 4.31. The van der Waals surface area contributed by atoms with Crippen molar-refractivity contribution in [1.29, 1.82) is 5.26 Å². The number of ether oxygens (including phenoxy) is 1. The highest BCUT2D eigenvalue weighted by atomic mass is 19.1. The van der Waals surface area contributed by atoms with Gasteiger partial charge in [-0.05, 0) is 42.3 Å². The van der Waals surface area contributed by atoms with Gasteiger partial charge in [0, 0.05) is 5.56 Å². The summed E-state index contributed by atoms with van der Waals surface area (Å²) in [5, 5.41) is 9.30. The van der Waals surface area contributed by atoms with E-state index in [2.05, 4.69) is 6.07 Å². The second-order valence-corrected chi connectivity index (χ2v) is 4.40. The van der Waals surface area contributed by atoms with E-state index in [4.69, 9.17) is 4.74 Å². The molecule has 0 radical (unpaired) electrons. The standard InChI is InChI=1S/C16H13F2NO/c1-20-16-6-5-14(18)9-15(16)12(10-19)7-11-3-2-4-13(17)8-11/h2-6,8-9,12H,7H2,1H3. The van der Waals surface area contributed by atoms with Gasteiger partial charge in [-0.25, -0.2) is 8.78 Å². The SMILES string of the molecule is COc1ccc(F)cc1C(C#N)Cc1cccc(F)c1. The summed E-state index contributed by atoms with van der Waals surface area (Å²) < 4.78 is 31.7. The third-order valence-electron chi connectivity index (χ3n) is 3.05. The average Bonchev–Trinajstić information content (AvgIpc) is 2.45. The Bertz CT molecular complexity index is 649. The average molecular weight is 273 g/mol. The van der Waals surface area contributed by atoms with E-state index in [0.29, 0.717) is 23.3 Å². The van der Waals surface area contributed by atoms with Gasteiger partial charge in [0.05, 0.1) is 19.1 Å². The van der Waals surface area contributed by atoms with Gasteiger partial charge in [0.2, 0.25) is 0 Å². The molecule has 0 aliphatic heterocycles. The molecular formula is C16H13F2NO. The van der Waals surface area contributed by atoms with Crippen molar-refractivity contribution >= 4 is 0 Å². The topological polar surface area (TPSA) is 33.0 Å². The van der Waals surface area contributed by atoms with Crippen LogP contribution >= 0.6 is 0 Å². The fraction of sp³-hybridized carbons (Fsp3) is 0.188. The molecule has 0 aliphatic rings. The molecule has 2 rings (SSSR count). The van der Waals surface area contributed by atoms with E-state index in [1.54, 1.807) is 12.1 Å². The number of nitriles is 1. The summed E-state index contributed by atoms with van der Waals surface area (Å²) in [4.78, 5) is 0. The lowest BCUT2D eigenvalue weighted by molar-refractivity contribution is 0.406. The monoisotopic (exact) mass is 273 g/mol. The maximum absolute atomic E-state index is 13.4. The van der Waals surface area contributed by atoms with Crippen molar-refractivity contribution in [2.45, 2.75) is 12.3 Å². The van der Waals surface area contributed by atoms with Crippen LogP contribution in [0.1, 0.15) is 17.0 Å². The van der Waals surface area contributed by atoms with Crippen molar-refractivity contribution in [3.05, 3.63) is 65.2 Å². The maximum atomic E-state index is 13.4. The van der Waals surface area contributed by atoms with Crippen molar-refractivity contribution in [2.24, 2.45) is 0 Å². The zero-order chi connectivity index (χ0) is 14.5. The van der Waals surface area contributed by atoms with Gasteiger partial charge in [0.1, 0.15) is 17.4 Å². The summed E-state index contributed by atoms with van der Waals surface area (Å²) in [6, 6.07) is 12.2. The molecule has 0 saturated heterocycles. The summed E-state index contributed by atoms with van der Waals surface area (Å²) >= 11 is 0. The maximum Gasteiger partial charge on any atom is 0.123 e. The number of hydrogen-bond acceptors (Lipinski definition) is 2. The van der Waals surface area contributed by atoms with Gasteiger partial charge >= 0.3 is 0 Å². The van der Waals surface area contributed by atoms with Crippen molar-refractivity contribution < 1.29 is 13.5 Å². The first-order chi connectivity index (χ1) is 9.63. The van der Waals surface area contributed by atoms with Gasteiger partial charge in [-0.15, -0.1) is 0 Å². The molecule has 0 fully saturated rings. The molecule has 0 spiro atoms. The number of nitrogens with zero attached hydrogens (tertiary/aromatic N) is 1. The van der Waals surface area contributed by atoms with Crippen LogP contribution in [0.4, 0.5) is 8.78 Å². The number of halogens is 2. The van der Waals surface area contributed by atoms with Crippen LogP contribution in [-0.4, -0.2) is 7.11 Å². The van der Waals surface area contributed by atoms with Crippen LogP contribution in [0.5, 0.6) is 5.75 Å². The lowest BCUT2D eigenvalue weighted by Gasteiger charge is -2.14. The molecule has 2 aromatic carbocycles. The van der Waals surface area contributed by atoms with Crippen LogP contribution in [0, 0.1) is 23.0 Å². The van der Waals surface area contributed by atoms with Crippen LogP contribution in [0.15, 0.2) is 42.5 Å². The Hall–Kier alpha value is -2.41. The minimum absolute atomic E-state index is 0.300. The molecule has 0 saturated carbocycles. The van der Waals surface area contributed by atoms with Gasteiger partial charge in [-0.1, -0.05) is 12.1 Å². The summed E-state index contributed by atoms with van der Waals surface area (Å²) in [6.07, 6.45) is 0.300. The molecule has 0 aliphatic carbocycles. The fourth-order valence-electron chi connectivity index (χ4n) is 2.10. The molecule has 0 aromatic heterocycles. The third kappa shape index (κ3) is 3.12. The van der Waals surface area contributed by atoms with E-state index in [-0.39, 0.29) is 5.82 Å². The summed E-state index contributed by atoms with van der Waals surface area (Å²) in [7, 11) is 1.47. The Morgan fingerprint density at radius 2 is 1.90 bits per heavy atom. The molecule has 2 aromatic rings. The highest BCUT2D eigenvalue weighted by Crippen LogP contribution is 2.29. The smallest absolute Gasteiger partial charge is 0.123 e. The van der Waals surface area contributed by atoms with Crippen LogP contribution < -0.4 is 4.74 Å². The van der Waals surface area contributed by atoms with E-state index in [9.17, 15) is 14.0 Å². The van der Waals surface area contributed by atoms with Crippen LogP contribution in [0.25, 0.3) is 0 Å². The molecular weight excluding hydrogens is 260 g/mol. The Morgan fingerprint density at radius 3 is 2.55 bits per heavy atom. The molecule has 0 amide bonds. The zero-order valence-electron chi connectivity index (χ0n) is 10.9. The van der Waals surface area contributed by atoms with Crippen LogP contribution in [-0.2, 0) is 6.42 Å². The van der Waals surface area contributed by atoms with Crippen molar-refractivity contribution in [3.63, 3.8) is 0 Å².